The molecule has 1 rings (SSSR count). The van der Waals surface area contributed by atoms with Crippen LogP contribution in [-0.2, 0) is 6.54 Å². The second kappa shape index (κ2) is 3.81. The summed E-state index contributed by atoms with van der Waals surface area (Å²) in [4.78, 5) is 0. The minimum atomic E-state index is -4.90. The summed E-state index contributed by atoms with van der Waals surface area (Å²) in [5.41, 5.74) is 0. The lowest BCUT2D eigenvalue weighted by molar-refractivity contribution is -0.277. The van der Waals surface area contributed by atoms with E-state index in [0.717, 1.165) is 12.3 Å². The highest BCUT2D eigenvalue weighted by Crippen LogP contribution is 2.22. The van der Waals surface area contributed by atoms with Crippen LogP contribution in [0.15, 0.2) is 12.3 Å². The highest BCUT2D eigenvalue weighted by Gasteiger charge is 2.32. The van der Waals surface area contributed by atoms with Crippen LogP contribution >= 0.6 is 0 Å². The van der Waals surface area contributed by atoms with Crippen LogP contribution in [0.25, 0.3) is 0 Å². The summed E-state index contributed by atoms with van der Waals surface area (Å²) in [6.45, 7) is -0.932. The zero-order chi connectivity index (χ0) is 10.8. The van der Waals surface area contributed by atoms with Gasteiger partial charge in [0.1, 0.15) is 6.54 Å². The van der Waals surface area contributed by atoms with Gasteiger partial charge in [-0.05, 0) is 0 Å². The molecule has 80 valence electrons. The molecule has 1 aromatic heterocycles. The third kappa shape index (κ3) is 3.19. The van der Waals surface area contributed by atoms with Crippen LogP contribution in [0.5, 0.6) is 5.88 Å². The monoisotopic (exact) mass is 216 g/mol. The van der Waals surface area contributed by atoms with Crippen molar-refractivity contribution in [1.29, 1.82) is 0 Å². The molecule has 0 radical (unpaired) electrons. The van der Waals surface area contributed by atoms with E-state index in [1.807, 2.05) is 0 Å². The minimum Gasteiger partial charge on any atom is -0.388 e. The molecular formula is C6H5F5N2O. The summed E-state index contributed by atoms with van der Waals surface area (Å²) in [5, 5.41) is 3.25. The van der Waals surface area contributed by atoms with Crippen LogP contribution in [0.4, 0.5) is 22.0 Å². The third-order valence-corrected chi connectivity index (χ3v) is 1.21. The van der Waals surface area contributed by atoms with Crippen LogP contribution in [0.3, 0.4) is 0 Å². The lowest BCUT2D eigenvalue weighted by atomic mass is 10.6. The number of ether oxygens (including phenoxy) is 1. The first-order valence-corrected chi connectivity index (χ1v) is 3.44. The number of hydrogen-bond acceptors (Lipinski definition) is 2. The van der Waals surface area contributed by atoms with E-state index in [1.54, 1.807) is 0 Å². The number of nitrogens with zero attached hydrogens (tertiary/aromatic N) is 2. The fourth-order valence-corrected chi connectivity index (χ4v) is 0.794. The number of rotatable bonds is 3. The van der Waals surface area contributed by atoms with Gasteiger partial charge in [-0.1, -0.05) is 0 Å². The van der Waals surface area contributed by atoms with Crippen molar-refractivity contribution in [2.24, 2.45) is 0 Å². The molecule has 1 heterocycles. The van der Waals surface area contributed by atoms with E-state index in [-0.39, 0.29) is 0 Å². The molecule has 0 saturated heterocycles. The third-order valence-electron chi connectivity index (χ3n) is 1.21. The van der Waals surface area contributed by atoms with Crippen LogP contribution in [0, 0.1) is 0 Å². The van der Waals surface area contributed by atoms with Gasteiger partial charge in [0.25, 0.3) is 6.43 Å². The first-order chi connectivity index (χ1) is 6.38. The summed E-state index contributed by atoms with van der Waals surface area (Å²) in [5.74, 6) is -0.752. The molecule has 0 fully saturated rings. The molecule has 0 aliphatic carbocycles. The van der Waals surface area contributed by atoms with E-state index in [0.29, 0.717) is 4.68 Å². The molecule has 0 aromatic carbocycles. The van der Waals surface area contributed by atoms with Gasteiger partial charge in [-0.2, -0.15) is 5.10 Å². The van der Waals surface area contributed by atoms with E-state index < -0.39 is 25.2 Å². The standard InChI is InChI=1S/C6H5F5N2O/c7-4(8)3-13-5(1-2-12-13)14-6(9,10)11/h1-2,4H,3H2. The van der Waals surface area contributed by atoms with E-state index in [2.05, 4.69) is 9.84 Å². The van der Waals surface area contributed by atoms with Crippen molar-refractivity contribution in [1.82, 2.24) is 9.78 Å². The predicted octanol–water partition coefficient (Wildman–Crippen LogP) is 2.05. The van der Waals surface area contributed by atoms with Crippen LogP contribution < -0.4 is 4.74 Å². The van der Waals surface area contributed by atoms with Gasteiger partial charge in [-0.25, -0.2) is 13.5 Å². The quantitative estimate of drug-likeness (QED) is 0.723. The number of hydrogen-bond donors (Lipinski definition) is 0. The Bertz CT molecular complexity index is 295. The van der Waals surface area contributed by atoms with Crippen molar-refractivity contribution in [2.45, 2.75) is 19.3 Å². The van der Waals surface area contributed by atoms with Crippen LogP contribution in [0.2, 0.25) is 0 Å². The van der Waals surface area contributed by atoms with Crippen molar-refractivity contribution in [3.05, 3.63) is 12.3 Å². The first-order valence-electron chi connectivity index (χ1n) is 3.44. The van der Waals surface area contributed by atoms with Crippen LogP contribution in [0.1, 0.15) is 0 Å². The molecule has 14 heavy (non-hydrogen) atoms. The minimum absolute atomic E-state index is 0.443. The van der Waals surface area contributed by atoms with Crippen molar-refractivity contribution in [3.63, 3.8) is 0 Å². The number of alkyl halides is 5. The maximum absolute atomic E-state index is 11.8. The van der Waals surface area contributed by atoms with Gasteiger partial charge >= 0.3 is 6.36 Å². The Morgan fingerprint density at radius 2 is 2.07 bits per heavy atom. The lowest BCUT2D eigenvalue weighted by Crippen LogP contribution is -2.20. The Kier molecular flexibility index (Phi) is 2.92. The van der Waals surface area contributed by atoms with Gasteiger partial charge in [0, 0.05) is 6.07 Å². The second-order valence-electron chi connectivity index (χ2n) is 2.29. The summed E-state index contributed by atoms with van der Waals surface area (Å²) in [6.07, 6.45) is -6.74. The Hall–Kier alpha value is -1.34. The number of aromatic nitrogens is 2. The van der Waals surface area contributed by atoms with E-state index in [1.165, 1.54) is 0 Å². The van der Waals surface area contributed by atoms with Crippen molar-refractivity contribution >= 4 is 0 Å². The molecule has 0 aliphatic rings. The molecule has 0 unspecified atom stereocenters. The molecule has 0 saturated carbocycles. The number of halogens is 5. The van der Waals surface area contributed by atoms with Gasteiger partial charge in [0.2, 0.25) is 5.88 Å². The van der Waals surface area contributed by atoms with E-state index in [4.69, 9.17) is 0 Å². The van der Waals surface area contributed by atoms with Gasteiger partial charge in [0.15, 0.2) is 0 Å². The maximum Gasteiger partial charge on any atom is 0.574 e. The Balaban J connectivity index is 2.72. The zero-order valence-electron chi connectivity index (χ0n) is 6.63. The van der Waals surface area contributed by atoms with Gasteiger partial charge < -0.3 is 4.74 Å². The van der Waals surface area contributed by atoms with Crippen molar-refractivity contribution in [2.75, 3.05) is 0 Å². The normalized spacial score (nSPS) is 12.1. The summed E-state index contributed by atoms with van der Waals surface area (Å²) < 4.78 is 62.6. The molecule has 0 N–H and O–H groups in total. The van der Waals surface area contributed by atoms with Gasteiger partial charge in [-0.15, -0.1) is 13.2 Å². The molecule has 0 bridgehead atoms. The Labute approximate surface area is 75.1 Å². The lowest BCUT2D eigenvalue weighted by Gasteiger charge is -2.10. The maximum atomic E-state index is 11.8. The predicted molar refractivity (Wildman–Crippen MR) is 34.9 cm³/mol. The molecule has 0 spiro atoms. The van der Waals surface area contributed by atoms with E-state index >= 15 is 0 Å². The highest BCUT2D eigenvalue weighted by molar-refractivity contribution is 5.07. The van der Waals surface area contributed by atoms with E-state index in [9.17, 15) is 22.0 Å². The fourth-order valence-electron chi connectivity index (χ4n) is 0.794. The summed E-state index contributed by atoms with van der Waals surface area (Å²) in [6, 6.07) is 0.857. The highest BCUT2D eigenvalue weighted by atomic mass is 19.4. The van der Waals surface area contributed by atoms with Gasteiger partial charge in [-0.3, -0.25) is 0 Å². The van der Waals surface area contributed by atoms with Gasteiger partial charge in [0.05, 0.1) is 6.20 Å². The second-order valence-corrected chi connectivity index (χ2v) is 2.29. The molecular weight excluding hydrogens is 211 g/mol. The molecule has 0 atom stereocenters. The summed E-state index contributed by atoms with van der Waals surface area (Å²) in [7, 11) is 0. The SMILES string of the molecule is FC(F)Cn1nccc1OC(F)(F)F. The zero-order valence-corrected chi connectivity index (χ0v) is 6.63. The molecule has 0 amide bonds. The summed E-state index contributed by atoms with van der Waals surface area (Å²) >= 11 is 0. The fraction of sp³-hybridized carbons (Fsp3) is 0.500. The largest absolute Gasteiger partial charge is 0.574 e. The van der Waals surface area contributed by atoms with Crippen molar-refractivity contribution < 1.29 is 26.7 Å². The van der Waals surface area contributed by atoms with Crippen molar-refractivity contribution in [3.8, 4) is 5.88 Å². The Morgan fingerprint density at radius 1 is 1.43 bits per heavy atom. The molecule has 1 aromatic rings. The smallest absolute Gasteiger partial charge is 0.388 e. The van der Waals surface area contributed by atoms with Crippen LogP contribution in [-0.4, -0.2) is 22.6 Å². The topological polar surface area (TPSA) is 27.1 Å². The molecule has 8 heteroatoms. The average molecular weight is 216 g/mol. The molecule has 0 aliphatic heterocycles. The first kappa shape index (κ1) is 10.7. The molecule has 3 nitrogen and oxygen atoms in total. The average Bonchev–Trinajstić information content (AvgIpc) is 2.32. The Morgan fingerprint density at radius 3 is 2.57 bits per heavy atom.